The van der Waals surface area contributed by atoms with Crippen LogP contribution in [0, 0.1) is 0 Å². The Labute approximate surface area is 384 Å². The highest BCUT2D eigenvalue weighted by atomic mass is 16.5. The van der Waals surface area contributed by atoms with Crippen LogP contribution in [0.5, 0.6) is 0 Å². The molecule has 0 heterocycles. The molecule has 0 aromatic rings. The monoisotopic (exact) mass is 868 g/mol. The van der Waals surface area contributed by atoms with Gasteiger partial charge in [-0.2, -0.15) is 0 Å². The molecule has 0 spiro atoms. The van der Waals surface area contributed by atoms with Gasteiger partial charge in [0, 0.05) is 6.42 Å². The van der Waals surface area contributed by atoms with Gasteiger partial charge in [-0.15, -0.1) is 0 Å². The summed E-state index contributed by atoms with van der Waals surface area (Å²) >= 11 is 0. The molecule has 0 aliphatic rings. The van der Waals surface area contributed by atoms with Crippen LogP contribution >= 0.6 is 0 Å². The highest BCUT2D eigenvalue weighted by Crippen LogP contribution is 2.18. The van der Waals surface area contributed by atoms with Crippen molar-refractivity contribution in [2.45, 2.75) is 277 Å². The van der Waals surface area contributed by atoms with Gasteiger partial charge in [0.1, 0.15) is 6.10 Å². The molecule has 0 aromatic carbocycles. The second-order valence-electron chi connectivity index (χ2n) is 18.0. The molecule has 3 N–H and O–H groups in total. The summed E-state index contributed by atoms with van der Waals surface area (Å²) in [7, 11) is 0. The van der Waals surface area contributed by atoms with Gasteiger partial charge in [-0.25, -0.2) is 0 Å². The van der Waals surface area contributed by atoms with Crippen LogP contribution in [0.3, 0.4) is 0 Å². The molecule has 0 fully saturated rings. The lowest BCUT2D eigenvalue weighted by Gasteiger charge is -2.24. The molecule has 3 unspecified atom stereocenters. The molecule has 0 radical (unpaired) electrons. The predicted molar refractivity (Wildman–Crippen MR) is 268 cm³/mol. The second-order valence-corrected chi connectivity index (χ2v) is 18.0. The second kappa shape index (κ2) is 49.6. The van der Waals surface area contributed by atoms with E-state index in [-0.39, 0.29) is 24.9 Å². The Hall–Kier alpha value is -2.44. The van der Waals surface area contributed by atoms with Crippen LogP contribution in [0.2, 0.25) is 0 Å². The number of allylic oxidation sites excluding steroid dienone is 10. The summed E-state index contributed by atoms with van der Waals surface area (Å²) in [6.07, 6.45) is 61.4. The van der Waals surface area contributed by atoms with Crippen LogP contribution in [0.25, 0.3) is 0 Å². The summed E-state index contributed by atoms with van der Waals surface area (Å²) in [5.74, 6) is -0.523. The molecule has 6 nitrogen and oxygen atoms in total. The van der Waals surface area contributed by atoms with Gasteiger partial charge in [-0.05, 0) is 70.6 Å². The maximum absolute atomic E-state index is 13.2. The molecule has 0 aliphatic heterocycles. The molecular formula is C56H101NO5. The third kappa shape index (κ3) is 44.2. The maximum atomic E-state index is 13.2. The summed E-state index contributed by atoms with van der Waals surface area (Å²) < 4.78 is 5.92. The Bertz CT molecular complexity index is 1110. The third-order valence-electron chi connectivity index (χ3n) is 11.9. The smallest absolute Gasteiger partial charge is 0.306 e. The Kier molecular flexibility index (Phi) is 47.6. The number of hydrogen-bond acceptors (Lipinski definition) is 5. The summed E-state index contributed by atoms with van der Waals surface area (Å²) in [4.78, 5) is 26.2. The fourth-order valence-electron chi connectivity index (χ4n) is 7.89. The van der Waals surface area contributed by atoms with Gasteiger partial charge < -0.3 is 20.3 Å². The summed E-state index contributed by atoms with van der Waals surface area (Å²) in [6.45, 7) is 6.34. The normalized spacial score (nSPS) is 13.7. The summed E-state index contributed by atoms with van der Waals surface area (Å²) in [6, 6.07) is -0.715. The zero-order chi connectivity index (χ0) is 45.2. The first kappa shape index (κ1) is 59.6. The lowest BCUT2D eigenvalue weighted by atomic mass is 10.0. The lowest BCUT2D eigenvalue weighted by molar-refractivity contribution is -0.151. The average Bonchev–Trinajstić information content (AvgIpc) is 3.26. The third-order valence-corrected chi connectivity index (χ3v) is 11.9. The van der Waals surface area contributed by atoms with Gasteiger partial charge in [0.25, 0.3) is 0 Å². The van der Waals surface area contributed by atoms with Crippen molar-refractivity contribution >= 4 is 11.9 Å². The van der Waals surface area contributed by atoms with E-state index in [9.17, 15) is 19.8 Å². The topological polar surface area (TPSA) is 95.9 Å². The van der Waals surface area contributed by atoms with Gasteiger partial charge in [-0.3, -0.25) is 9.59 Å². The molecule has 1 amide bonds. The number of aliphatic hydroxyl groups is 2. The van der Waals surface area contributed by atoms with Crippen molar-refractivity contribution in [2.24, 2.45) is 0 Å². The number of unbranched alkanes of at least 4 members (excludes halogenated alkanes) is 28. The lowest BCUT2D eigenvalue weighted by Crippen LogP contribution is -2.46. The first-order chi connectivity index (χ1) is 30.5. The Balaban J connectivity index is 4.62. The van der Waals surface area contributed by atoms with E-state index in [2.05, 4.69) is 86.8 Å². The van der Waals surface area contributed by atoms with Gasteiger partial charge in [0.05, 0.1) is 25.2 Å². The fourth-order valence-corrected chi connectivity index (χ4v) is 7.89. The van der Waals surface area contributed by atoms with Crippen molar-refractivity contribution in [3.05, 3.63) is 60.8 Å². The zero-order valence-electron chi connectivity index (χ0n) is 41.0. The summed E-state index contributed by atoms with van der Waals surface area (Å²) in [5.41, 5.74) is 0. The quantitative estimate of drug-likeness (QED) is 0.0322. The molecule has 0 bridgehead atoms. The minimum atomic E-state index is -0.799. The maximum Gasteiger partial charge on any atom is 0.306 e. The number of rotatable bonds is 47. The number of hydrogen-bond donors (Lipinski definition) is 3. The number of nitrogens with one attached hydrogen (secondary N) is 1. The van der Waals surface area contributed by atoms with E-state index in [0.717, 1.165) is 96.3 Å². The highest BCUT2D eigenvalue weighted by molar-refractivity contribution is 5.77. The largest absolute Gasteiger partial charge is 0.462 e. The molecular weight excluding hydrogens is 767 g/mol. The van der Waals surface area contributed by atoms with Crippen LogP contribution in [-0.2, 0) is 14.3 Å². The molecule has 0 saturated heterocycles. The van der Waals surface area contributed by atoms with E-state index in [1.165, 1.54) is 116 Å². The van der Waals surface area contributed by atoms with E-state index in [1.54, 1.807) is 0 Å². The molecule has 3 atom stereocenters. The van der Waals surface area contributed by atoms with Crippen LogP contribution in [-0.4, -0.2) is 46.9 Å². The Morgan fingerprint density at radius 1 is 0.484 bits per heavy atom. The van der Waals surface area contributed by atoms with Crippen molar-refractivity contribution in [3.63, 3.8) is 0 Å². The minimum absolute atomic E-state index is 0.0524. The highest BCUT2D eigenvalue weighted by Gasteiger charge is 2.24. The minimum Gasteiger partial charge on any atom is -0.462 e. The van der Waals surface area contributed by atoms with Crippen LogP contribution < -0.4 is 5.32 Å². The van der Waals surface area contributed by atoms with Gasteiger partial charge in [-0.1, -0.05) is 236 Å². The van der Waals surface area contributed by atoms with E-state index in [0.29, 0.717) is 19.3 Å². The van der Waals surface area contributed by atoms with Gasteiger partial charge >= 0.3 is 5.97 Å². The number of esters is 1. The number of ether oxygens (including phenoxy) is 1. The molecule has 0 rings (SSSR count). The molecule has 0 saturated carbocycles. The van der Waals surface area contributed by atoms with Crippen molar-refractivity contribution in [1.29, 1.82) is 0 Å². The SMILES string of the molecule is CC/C=C/C=C/C=C/CCCCCCCC(CC(=O)NC(CO)C(O)CCCCCCCCCCCCCCCC)OC(=O)CCCCC/C=C/C=C/CCCCCCCCC. The van der Waals surface area contributed by atoms with Crippen LogP contribution in [0.1, 0.15) is 258 Å². The number of aliphatic hydroxyl groups excluding tert-OH is 2. The van der Waals surface area contributed by atoms with E-state index in [1.807, 2.05) is 0 Å². The molecule has 62 heavy (non-hydrogen) atoms. The van der Waals surface area contributed by atoms with Crippen molar-refractivity contribution in [1.82, 2.24) is 5.32 Å². The standard InChI is InChI=1S/C56H101NO5/c1-4-7-10-13-16-19-22-25-27-28-31-34-37-40-43-46-49-56(61)62-52(47-44-41-38-35-32-29-24-21-18-15-12-9-6-3)50-55(60)57-53(51-58)54(59)48-45-42-39-36-33-30-26-23-20-17-14-11-8-5-2/h9,12,15,18,21,24,27-28,31,34,52-54,58-59H,4-8,10-11,13-14,16-17,19-20,22-23,25-26,29-30,32-33,35-51H2,1-3H3,(H,57,60)/b12-9+,18-15+,24-21+,28-27+,34-31+. The first-order valence-electron chi connectivity index (χ1n) is 26.6. The first-order valence-corrected chi connectivity index (χ1v) is 26.6. The van der Waals surface area contributed by atoms with Gasteiger partial charge in [0.15, 0.2) is 0 Å². The van der Waals surface area contributed by atoms with Crippen LogP contribution in [0.4, 0.5) is 0 Å². The molecule has 0 aliphatic carbocycles. The Morgan fingerprint density at radius 2 is 0.871 bits per heavy atom. The number of carbonyl (C=O) groups excluding carboxylic acids is 2. The fraction of sp³-hybridized carbons (Fsp3) is 0.786. The Morgan fingerprint density at radius 3 is 1.32 bits per heavy atom. The van der Waals surface area contributed by atoms with Crippen LogP contribution in [0.15, 0.2) is 60.8 Å². The zero-order valence-corrected chi connectivity index (χ0v) is 41.0. The number of carbonyl (C=O) groups is 2. The predicted octanol–water partition coefficient (Wildman–Crippen LogP) is 16.0. The average molecular weight is 868 g/mol. The summed E-state index contributed by atoms with van der Waals surface area (Å²) in [5, 5.41) is 23.8. The molecule has 0 aromatic heterocycles. The molecule has 360 valence electrons. The van der Waals surface area contributed by atoms with E-state index < -0.39 is 18.2 Å². The van der Waals surface area contributed by atoms with E-state index in [4.69, 9.17) is 4.74 Å². The van der Waals surface area contributed by atoms with E-state index >= 15 is 0 Å². The molecule has 6 heteroatoms. The van der Waals surface area contributed by atoms with Crippen molar-refractivity contribution in [3.8, 4) is 0 Å². The van der Waals surface area contributed by atoms with Crippen molar-refractivity contribution < 1.29 is 24.5 Å². The van der Waals surface area contributed by atoms with Gasteiger partial charge in [0.2, 0.25) is 5.91 Å². The van der Waals surface area contributed by atoms with Crippen molar-refractivity contribution in [2.75, 3.05) is 6.61 Å². The number of amides is 1.